The normalized spacial score (nSPS) is 13.0. The van der Waals surface area contributed by atoms with E-state index in [-0.39, 0.29) is 0 Å². The monoisotopic (exact) mass is 468 g/mol. The number of hydrogen-bond acceptors (Lipinski definition) is 4. The number of rotatable bonds is 13. The Hall–Kier alpha value is -2.93. The molecule has 2 heterocycles. The number of aryl methyl sites for hydroxylation is 1. The van der Waals surface area contributed by atoms with Gasteiger partial charge in [0.2, 0.25) is 5.52 Å². The molecule has 7 heteroatoms. The molecule has 0 saturated heterocycles. The van der Waals surface area contributed by atoms with Crippen LogP contribution in [0.15, 0.2) is 57.7 Å². The average molecular weight is 469 g/mol. The first kappa shape index (κ1) is 27.3. The van der Waals surface area contributed by atoms with E-state index in [1.165, 1.54) is 29.4 Å². The summed E-state index contributed by atoms with van der Waals surface area (Å²) in [7, 11) is 3.40. The summed E-state index contributed by atoms with van der Waals surface area (Å²) >= 11 is 0. The third-order valence-electron chi connectivity index (χ3n) is 5.82. The number of aromatic nitrogens is 4. The molecule has 0 saturated carbocycles. The molecule has 7 nitrogen and oxygen atoms in total. The van der Waals surface area contributed by atoms with Gasteiger partial charge in [0.25, 0.3) is 0 Å². The van der Waals surface area contributed by atoms with E-state index in [2.05, 4.69) is 78.9 Å². The molecule has 0 atom stereocenters. The number of H-pyrrole nitrogens is 1. The molecule has 0 radical (unpaired) electrons. The maximum Gasteiger partial charge on any atom is 0.419 e. The minimum atomic E-state index is -0.413. The van der Waals surface area contributed by atoms with E-state index in [0.29, 0.717) is 18.0 Å². The second-order valence-corrected chi connectivity index (χ2v) is 9.32. The van der Waals surface area contributed by atoms with Crippen molar-refractivity contribution in [1.29, 1.82) is 0 Å². The van der Waals surface area contributed by atoms with Crippen LogP contribution >= 0.6 is 0 Å². The lowest BCUT2D eigenvalue weighted by atomic mass is 10.0. The Morgan fingerprint density at radius 3 is 2.12 bits per heavy atom. The Kier molecular flexibility index (Phi) is 11.0. The van der Waals surface area contributed by atoms with Crippen molar-refractivity contribution in [3.63, 3.8) is 0 Å². The van der Waals surface area contributed by atoms with Gasteiger partial charge in [-0.15, -0.1) is 0 Å². The second-order valence-electron chi connectivity index (χ2n) is 9.32. The van der Waals surface area contributed by atoms with Gasteiger partial charge in [0.15, 0.2) is 12.1 Å². The van der Waals surface area contributed by atoms with E-state index in [4.69, 9.17) is 4.84 Å². The van der Waals surface area contributed by atoms with Gasteiger partial charge in [0, 0.05) is 0 Å². The van der Waals surface area contributed by atoms with Gasteiger partial charge in [0.1, 0.15) is 0 Å². The summed E-state index contributed by atoms with van der Waals surface area (Å²) in [4.78, 5) is 23.7. The number of nitrogens with zero attached hydrogens (tertiary/aromatic N) is 3. The van der Waals surface area contributed by atoms with Crippen molar-refractivity contribution in [3.8, 4) is 0 Å². The number of imidazole rings is 1. The molecule has 0 amide bonds. The van der Waals surface area contributed by atoms with E-state index in [9.17, 15) is 4.79 Å². The van der Waals surface area contributed by atoms with Gasteiger partial charge in [-0.3, -0.25) is 14.4 Å². The van der Waals surface area contributed by atoms with E-state index in [0.717, 1.165) is 44.0 Å². The Balaban J connectivity index is 1.89. The third-order valence-corrected chi connectivity index (χ3v) is 5.82. The molecule has 0 aliphatic carbocycles. The van der Waals surface area contributed by atoms with Gasteiger partial charge in [-0.25, -0.2) is 14.8 Å². The predicted molar refractivity (Wildman–Crippen MR) is 141 cm³/mol. The fraction of sp³-hybridized carbons (Fsp3) is 0.519. The van der Waals surface area contributed by atoms with E-state index in [1.54, 1.807) is 0 Å². The first-order valence-corrected chi connectivity index (χ1v) is 12.1. The zero-order chi connectivity index (χ0) is 25.1. The molecule has 0 unspecified atom stereocenters. The molecule has 2 N–H and O–H groups in total. The summed E-state index contributed by atoms with van der Waals surface area (Å²) in [6, 6.07) is 0. The third kappa shape index (κ3) is 8.78. The molecule has 2 rings (SSSR count). The van der Waals surface area contributed by atoms with Gasteiger partial charge in [-0.1, -0.05) is 46.6 Å². The maximum absolute atomic E-state index is 11.8. The highest BCUT2D eigenvalue weighted by Crippen LogP contribution is 2.17. The van der Waals surface area contributed by atoms with E-state index in [1.807, 2.05) is 17.9 Å². The SMILES string of the molecule is CONc1[nH]c(=O)nc2c1n(C/C=C(\C)CC/C=C(\C)CC/C=C(\C)CCC=C(C)C)c[n+]2C. The molecule has 0 spiro atoms. The number of allylic oxidation sites excluding steroid dienone is 8. The molecule has 186 valence electrons. The van der Waals surface area contributed by atoms with Crippen LogP contribution in [0.1, 0.15) is 73.1 Å². The Morgan fingerprint density at radius 2 is 1.56 bits per heavy atom. The highest BCUT2D eigenvalue weighted by molar-refractivity contribution is 5.80. The first-order valence-electron chi connectivity index (χ1n) is 12.1. The van der Waals surface area contributed by atoms with Crippen molar-refractivity contribution in [2.24, 2.45) is 7.05 Å². The van der Waals surface area contributed by atoms with E-state index >= 15 is 0 Å². The number of hydrogen-bond donors (Lipinski definition) is 2. The van der Waals surface area contributed by atoms with Crippen LogP contribution in [0.25, 0.3) is 11.2 Å². The standard InChI is InChI=1S/C27H41N5O2/c1-20(2)11-8-12-21(3)13-9-14-22(4)15-10-16-23(5)17-18-32-19-31(6)26-24(32)25(30-34-7)28-27(33)29-26/h11,13,15,17,19H,8-10,12,14,16,18H2,1-7H3,(H-,28,29,30,33)/p+1/b21-13+,22-15+,23-17+. The molecule has 0 aliphatic heterocycles. The smallest absolute Gasteiger partial charge is 0.278 e. The van der Waals surface area contributed by atoms with Crippen LogP contribution < -0.4 is 15.7 Å². The van der Waals surface area contributed by atoms with Crippen molar-refractivity contribution in [2.75, 3.05) is 12.6 Å². The molecule has 2 aromatic rings. The molecule has 0 aliphatic rings. The fourth-order valence-corrected chi connectivity index (χ4v) is 3.85. The Bertz CT molecular complexity index is 1130. The van der Waals surface area contributed by atoms with Crippen LogP contribution in [0.2, 0.25) is 0 Å². The number of fused-ring (bicyclic) bond motifs is 1. The van der Waals surface area contributed by atoms with Crippen LogP contribution in [0.3, 0.4) is 0 Å². The highest BCUT2D eigenvalue weighted by Gasteiger charge is 2.20. The van der Waals surface area contributed by atoms with E-state index < -0.39 is 5.69 Å². The van der Waals surface area contributed by atoms with Crippen molar-refractivity contribution >= 4 is 17.0 Å². The van der Waals surface area contributed by atoms with Crippen LogP contribution in [-0.4, -0.2) is 21.6 Å². The van der Waals surface area contributed by atoms with Crippen molar-refractivity contribution in [1.82, 2.24) is 14.5 Å². The van der Waals surface area contributed by atoms with Crippen LogP contribution in [0.5, 0.6) is 0 Å². The van der Waals surface area contributed by atoms with Crippen molar-refractivity contribution in [3.05, 3.63) is 63.4 Å². The Morgan fingerprint density at radius 1 is 1.00 bits per heavy atom. The summed E-state index contributed by atoms with van der Waals surface area (Å²) in [5.74, 6) is 0.504. The molecule has 0 bridgehead atoms. The summed E-state index contributed by atoms with van der Waals surface area (Å²) < 4.78 is 3.90. The zero-order valence-electron chi connectivity index (χ0n) is 22.0. The molecule has 0 aromatic carbocycles. The maximum atomic E-state index is 11.8. The lowest BCUT2D eigenvalue weighted by Gasteiger charge is -2.04. The second kappa shape index (κ2) is 13.7. The average Bonchev–Trinajstić information content (AvgIpc) is 3.07. The van der Waals surface area contributed by atoms with Gasteiger partial charge >= 0.3 is 11.3 Å². The van der Waals surface area contributed by atoms with Crippen LogP contribution in [-0.2, 0) is 18.4 Å². The first-order chi connectivity index (χ1) is 16.2. The number of aromatic amines is 1. The minimum absolute atomic E-state index is 0.413. The molecular formula is C27H42N5O2+. The molecule has 34 heavy (non-hydrogen) atoms. The lowest BCUT2D eigenvalue weighted by molar-refractivity contribution is -0.647. The van der Waals surface area contributed by atoms with Crippen molar-refractivity contribution < 1.29 is 9.40 Å². The lowest BCUT2D eigenvalue weighted by Crippen LogP contribution is -2.29. The van der Waals surface area contributed by atoms with Gasteiger partial charge in [0.05, 0.1) is 20.7 Å². The Labute approximate surface area is 203 Å². The van der Waals surface area contributed by atoms with Crippen LogP contribution in [0.4, 0.5) is 5.82 Å². The quantitative estimate of drug-likeness (QED) is 0.226. The summed E-state index contributed by atoms with van der Waals surface area (Å²) in [6.07, 6.45) is 17.8. The minimum Gasteiger partial charge on any atom is -0.278 e. The fourth-order valence-electron chi connectivity index (χ4n) is 3.85. The van der Waals surface area contributed by atoms with Gasteiger partial charge < -0.3 is 0 Å². The van der Waals surface area contributed by atoms with Crippen molar-refractivity contribution in [2.45, 2.75) is 79.7 Å². The number of anilines is 1. The molecular weight excluding hydrogens is 426 g/mol. The highest BCUT2D eigenvalue weighted by atomic mass is 16.6. The largest absolute Gasteiger partial charge is 0.419 e. The summed E-state index contributed by atoms with van der Waals surface area (Å²) in [5.41, 5.74) is 9.41. The van der Waals surface area contributed by atoms with Gasteiger partial charge in [-0.05, 0) is 78.1 Å². The predicted octanol–water partition coefficient (Wildman–Crippen LogP) is 5.67. The summed E-state index contributed by atoms with van der Waals surface area (Å²) in [5, 5.41) is 0. The molecule has 0 fully saturated rings. The summed E-state index contributed by atoms with van der Waals surface area (Å²) in [6.45, 7) is 11.6. The van der Waals surface area contributed by atoms with Gasteiger partial charge in [-0.2, -0.15) is 0 Å². The van der Waals surface area contributed by atoms with Crippen LogP contribution in [0, 0.1) is 0 Å². The zero-order valence-corrected chi connectivity index (χ0v) is 22.0. The number of nitrogens with one attached hydrogen (secondary N) is 2. The molecule has 2 aromatic heterocycles. The topological polar surface area (TPSA) is 75.8 Å².